The molecule has 1 amide bonds. The number of rotatable bonds is 6. The lowest BCUT2D eigenvalue weighted by atomic mass is 10.0. The van der Waals surface area contributed by atoms with E-state index in [1.165, 1.54) is 35.2 Å². The smallest absolute Gasteiger partial charge is 0.395 e. The van der Waals surface area contributed by atoms with Gasteiger partial charge in [-0.1, -0.05) is 42.5 Å². The quantitative estimate of drug-likeness (QED) is 0.489. The average molecular weight is 478 g/mol. The summed E-state index contributed by atoms with van der Waals surface area (Å²) < 4.78 is 74.3. The Bertz CT molecular complexity index is 1170. The first-order valence-corrected chi connectivity index (χ1v) is 10.2. The Morgan fingerprint density at radius 1 is 0.941 bits per heavy atom. The van der Waals surface area contributed by atoms with Crippen LogP contribution in [0.15, 0.2) is 72.8 Å². The van der Waals surface area contributed by atoms with Crippen LogP contribution in [0.3, 0.4) is 0 Å². The number of carbonyl (C=O) groups excluding carboxylic acids is 1. The zero-order valence-electron chi connectivity index (χ0n) is 17.6. The van der Waals surface area contributed by atoms with E-state index in [2.05, 4.69) is 9.47 Å². The van der Waals surface area contributed by atoms with Gasteiger partial charge in [0.25, 0.3) is 0 Å². The number of hydrogen-bond donors (Lipinski definition) is 1. The Labute approximate surface area is 191 Å². The number of benzene rings is 3. The lowest BCUT2D eigenvalue weighted by molar-refractivity contribution is -0.286. The highest BCUT2D eigenvalue weighted by atomic mass is 19.4. The summed E-state index contributed by atoms with van der Waals surface area (Å²) >= 11 is 0. The maximum Gasteiger partial charge on any atom is 0.586 e. The molecule has 4 rings (SSSR count). The molecule has 1 aliphatic rings. The lowest BCUT2D eigenvalue weighted by Gasteiger charge is -2.26. The Morgan fingerprint density at radius 2 is 1.59 bits per heavy atom. The van der Waals surface area contributed by atoms with Crippen molar-refractivity contribution in [1.82, 2.24) is 0 Å². The van der Waals surface area contributed by atoms with Gasteiger partial charge in [-0.2, -0.15) is 13.2 Å². The molecule has 0 aliphatic carbocycles. The van der Waals surface area contributed by atoms with E-state index in [4.69, 9.17) is 5.73 Å². The second-order valence-corrected chi connectivity index (χ2v) is 7.62. The number of fused-ring (bicyclic) bond motifs is 1. The molecule has 3 aromatic rings. The van der Waals surface area contributed by atoms with Crippen LogP contribution < -0.4 is 20.1 Å². The molecule has 0 aromatic heterocycles. The Kier molecular flexibility index (Phi) is 6.18. The molecule has 0 bridgehead atoms. The van der Waals surface area contributed by atoms with Crippen LogP contribution >= 0.6 is 0 Å². The largest absolute Gasteiger partial charge is 0.586 e. The summed E-state index contributed by atoms with van der Waals surface area (Å²) in [4.78, 5) is 14.6. The molecule has 1 aliphatic heterocycles. The van der Waals surface area contributed by atoms with E-state index < -0.39 is 30.0 Å². The van der Waals surface area contributed by atoms with Crippen LogP contribution in [0.2, 0.25) is 0 Å². The Hall–Kier alpha value is -3.66. The van der Waals surface area contributed by atoms with Crippen LogP contribution in [0.1, 0.15) is 22.7 Å². The van der Waals surface area contributed by atoms with Crippen molar-refractivity contribution in [3.8, 4) is 11.5 Å². The maximum atomic E-state index is 13.4. The van der Waals surface area contributed by atoms with Crippen LogP contribution in [0.5, 0.6) is 11.5 Å². The summed E-state index contributed by atoms with van der Waals surface area (Å²) in [7, 11) is 0. The highest BCUT2D eigenvalue weighted by Gasteiger charge is 2.43. The van der Waals surface area contributed by atoms with Crippen molar-refractivity contribution in [2.45, 2.75) is 24.9 Å². The first-order valence-electron chi connectivity index (χ1n) is 10.2. The van der Waals surface area contributed by atoms with Crippen LogP contribution in [-0.4, -0.2) is 18.7 Å². The minimum atomic E-state index is -4.46. The van der Waals surface area contributed by atoms with E-state index in [1.54, 1.807) is 30.3 Å². The summed E-state index contributed by atoms with van der Waals surface area (Å²) in [6.45, 7) is 0.0285. The van der Waals surface area contributed by atoms with Crippen molar-refractivity contribution in [3.05, 3.63) is 89.5 Å². The molecule has 0 radical (unpaired) electrons. The average Bonchev–Trinajstić information content (AvgIpc) is 3.12. The number of anilines is 1. The maximum absolute atomic E-state index is 13.4. The zero-order valence-corrected chi connectivity index (χ0v) is 17.6. The highest BCUT2D eigenvalue weighted by Crippen LogP contribution is 2.43. The van der Waals surface area contributed by atoms with Crippen molar-refractivity contribution in [1.29, 1.82) is 0 Å². The number of amides is 1. The van der Waals surface area contributed by atoms with Crippen molar-refractivity contribution in [2.75, 3.05) is 11.4 Å². The summed E-state index contributed by atoms with van der Waals surface area (Å²) in [6.07, 6.45) is -8.09. The molecule has 10 heteroatoms. The molecule has 1 atom stereocenters. The van der Waals surface area contributed by atoms with Gasteiger partial charge >= 0.3 is 12.5 Å². The first-order chi connectivity index (χ1) is 16.0. The molecular formula is C24H19F5N2O3. The molecule has 2 N–H and O–H groups in total. The predicted molar refractivity (Wildman–Crippen MR) is 114 cm³/mol. The summed E-state index contributed by atoms with van der Waals surface area (Å²) in [5.41, 5.74) is 6.71. The fraction of sp³-hybridized carbons (Fsp3) is 0.208. The number of ether oxygens (including phenoxy) is 2. The predicted octanol–water partition coefficient (Wildman–Crippen LogP) is 5.30. The fourth-order valence-electron chi connectivity index (χ4n) is 3.54. The molecule has 34 heavy (non-hydrogen) atoms. The van der Waals surface area contributed by atoms with Gasteiger partial charge in [0, 0.05) is 18.3 Å². The summed E-state index contributed by atoms with van der Waals surface area (Å²) in [5.74, 6) is -0.955. The first kappa shape index (κ1) is 23.5. The zero-order chi connectivity index (χ0) is 24.5. The standard InChI is InChI=1S/C24H19F5N2O3/c25-23(26,27)17-8-6-15(7-9-17)12-13-31(22(32)21(30)16-4-2-1-3-5-16)18-10-11-19-20(14-18)34-24(28,29)33-19/h1-11,14,21H,12-13,30H2. The van der Waals surface area contributed by atoms with Gasteiger partial charge in [-0.05, 0) is 41.8 Å². The third kappa shape index (κ3) is 5.12. The van der Waals surface area contributed by atoms with Gasteiger partial charge in [0.05, 0.1) is 5.56 Å². The van der Waals surface area contributed by atoms with Crippen molar-refractivity contribution < 1.29 is 36.2 Å². The van der Waals surface area contributed by atoms with Gasteiger partial charge in [0.1, 0.15) is 6.04 Å². The van der Waals surface area contributed by atoms with Gasteiger partial charge in [-0.15, -0.1) is 8.78 Å². The second kappa shape index (κ2) is 8.94. The minimum absolute atomic E-state index is 0.0285. The normalized spacial score (nSPS) is 15.1. The Balaban J connectivity index is 1.60. The van der Waals surface area contributed by atoms with E-state index >= 15 is 0 Å². The van der Waals surface area contributed by atoms with E-state index in [0.29, 0.717) is 11.1 Å². The molecule has 0 fully saturated rings. The van der Waals surface area contributed by atoms with Crippen molar-refractivity contribution >= 4 is 11.6 Å². The Morgan fingerprint density at radius 3 is 2.24 bits per heavy atom. The third-order valence-corrected chi connectivity index (χ3v) is 5.29. The highest BCUT2D eigenvalue weighted by molar-refractivity contribution is 5.98. The van der Waals surface area contributed by atoms with Gasteiger partial charge in [-0.3, -0.25) is 4.79 Å². The molecule has 0 saturated heterocycles. The van der Waals surface area contributed by atoms with Gasteiger partial charge in [-0.25, -0.2) is 0 Å². The molecule has 0 saturated carbocycles. The second-order valence-electron chi connectivity index (χ2n) is 7.62. The molecular weight excluding hydrogens is 459 g/mol. The number of nitrogens with two attached hydrogens (primary N) is 1. The molecule has 5 nitrogen and oxygen atoms in total. The summed E-state index contributed by atoms with van der Waals surface area (Å²) in [5, 5.41) is 0. The number of alkyl halides is 5. The van der Waals surface area contributed by atoms with Crippen LogP contribution in [0.4, 0.5) is 27.6 Å². The third-order valence-electron chi connectivity index (χ3n) is 5.29. The van der Waals surface area contributed by atoms with Crippen LogP contribution in [0.25, 0.3) is 0 Å². The van der Waals surface area contributed by atoms with Crippen molar-refractivity contribution in [3.63, 3.8) is 0 Å². The number of nitrogens with zero attached hydrogens (tertiary/aromatic N) is 1. The van der Waals surface area contributed by atoms with Crippen LogP contribution in [-0.2, 0) is 17.4 Å². The van der Waals surface area contributed by atoms with E-state index in [9.17, 15) is 26.7 Å². The molecule has 3 aromatic carbocycles. The van der Waals surface area contributed by atoms with E-state index in [0.717, 1.165) is 12.1 Å². The molecule has 0 spiro atoms. The molecule has 1 heterocycles. The minimum Gasteiger partial charge on any atom is -0.395 e. The lowest BCUT2D eigenvalue weighted by Crippen LogP contribution is -2.40. The van der Waals surface area contributed by atoms with Gasteiger partial charge in [0.2, 0.25) is 5.91 Å². The fourth-order valence-corrected chi connectivity index (χ4v) is 3.54. The van der Waals surface area contributed by atoms with Gasteiger partial charge in [0.15, 0.2) is 11.5 Å². The molecule has 1 unspecified atom stereocenters. The molecule has 178 valence electrons. The SMILES string of the molecule is NC(C(=O)N(CCc1ccc(C(F)(F)F)cc1)c1ccc2c(c1)OC(F)(F)O2)c1ccccc1. The number of hydrogen-bond acceptors (Lipinski definition) is 4. The van der Waals surface area contributed by atoms with Crippen molar-refractivity contribution in [2.24, 2.45) is 5.73 Å². The monoisotopic (exact) mass is 478 g/mol. The van der Waals surface area contributed by atoms with Crippen LogP contribution in [0, 0.1) is 0 Å². The van der Waals surface area contributed by atoms with Gasteiger partial charge < -0.3 is 20.1 Å². The number of carbonyl (C=O) groups is 1. The topological polar surface area (TPSA) is 64.8 Å². The van der Waals surface area contributed by atoms with E-state index in [1.807, 2.05) is 0 Å². The number of halogens is 5. The summed E-state index contributed by atoms with van der Waals surface area (Å²) in [6, 6.07) is 16.0. The van der Waals surface area contributed by atoms with E-state index in [-0.39, 0.29) is 30.2 Å².